The van der Waals surface area contributed by atoms with Crippen LogP contribution >= 0.6 is 11.6 Å². The molecule has 3 aromatic rings. The molecule has 0 spiro atoms. The van der Waals surface area contributed by atoms with Crippen LogP contribution in [-0.2, 0) is 6.42 Å². The number of nitrogen functional groups attached to an aromatic ring is 1. The molecule has 3 N–H and O–H groups in total. The lowest BCUT2D eigenvalue weighted by Gasteiger charge is -2.44. The van der Waals surface area contributed by atoms with E-state index in [4.69, 9.17) is 17.3 Å². The first kappa shape index (κ1) is 32.1. The van der Waals surface area contributed by atoms with Crippen molar-refractivity contribution in [3.8, 4) is 5.69 Å². The van der Waals surface area contributed by atoms with Crippen molar-refractivity contribution in [3.05, 3.63) is 57.9 Å². The SMILES string of the molecule is Cc1c(F)c(N)cc(C(=O)Nc2cc(-n3cc(CCN(C)C4CCCCC4)nn3)c(F)cc2N2C[C@@H](C)N(C)[C@@H](C)C2)c1Cl. The Morgan fingerprint density at radius 2 is 1.80 bits per heavy atom. The van der Waals surface area contributed by atoms with E-state index in [1.807, 2.05) is 0 Å². The molecule has 12 heteroatoms. The topological polar surface area (TPSA) is 95.5 Å². The summed E-state index contributed by atoms with van der Waals surface area (Å²) in [6.07, 6.45) is 8.71. The number of anilines is 3. The third kappa shape index (κ3) is 6.69. The van der Waals surface area contributed by atoms with Crippen LogP contribution in [0.2, 0.25) is 5.02 Å². The van der Waals surface area contributed by atoms with E-state index in [2.05, 4.69) is 58.3 Å². The van der Waals surface area contributed by atoms with E-state index in [0.29, 0.717) is 36.9 Å². The number of benzene rings is 2. The largest absolute Gasteiger partial charge is 0.396 e. The molecule has 238 valence electrons. The molecule has 1 amide bonds. The molecule has 1 saturated carbocycles. The van der Waals surface area contributed by atoms with Gasteiger partial charge < -0.3 is 20.9 Å². The Kier molecular flexibility index (Phi) is 9.77. The Labute approximate surface area is 263 Å². The van der Waals surface area contributed by atoms with Gasteiger partial charge in [0, 0.05) is 55.8 Å². The Hall–Kier alpha value is -3.28. The maximum absolute atomic E-state index is 15.9. The van der Waals surface area contributed by atoms with Crippen molar-refractivity contribution in [2.24, 2.45) is 0 Å². The van der Waals surface area contributed by atoms with E-state index in [1.165, 1.54) is 55.8 Å². The van der Waals surface area contributed by atoms with E-state index in [9.17, 15) is 9.18 Å². The first-order valence-electron chi connectivity index (χ1n) is 15.4. The normalized spacial score (nSPS) is 20.0. The third-order valence-corrected chi connectivity index (χ3v) is 9.90. The van der Waals surface area contributed by atoms with Crippen molar-refractivity contribution in [2.45, 2.75) is 77.4 Å². The predicted octanol–water partition coefficient (Wildman–Crippen LogP) is 5.68. The zero-order valence-corrected chi connectivity index (χ0v) is 27.0. The smallest absolute Gasteiger partial charge is 0.257 e. The first-order chi connectivity index (χ1) is 20.9. The fourth-order valence-corrected chi connectivity index (χ4v) is 6.59. The number of nitrogens with two attached hydrogens (primary N) is 1. The summed E-state index contributed by atoms with van der Waals surface area (Å²) < 4.78 is 31.6. The van der Waals surface area contributed by atoms with Crippen LogP contribution in [0.25, 0.3) is 5.69 Å². The molecule has 0 radical (unpaired) electrons. The molecular formula is C32H43ClF2N8O. The minimum atomic E-state index is -0.663. The summed E-state index contributed by atoms with van der Waals surface area (Å²) in [5.74, 6) is -1.74. The average molecular weight is 629 g/mol. The summed E-state index contributed by atoms with van der Waals surface area (Å²) in [4.78, 5) is 20.3. The number of hydrogen-bond donors (Lipinski definition) is 2. The average Bonchev–Trinajstić information content (AvgIpc) is 3.49. The molecule has 2 aromatic carbocycles. The van der Waals surface area contributed by atoms with Crippen molar-refractivity contribution >= 4 is 34.6 Å². The highest BCUT2D eigenvalue weighted by Gasteiger charge is 2.30. The van der Waals surface area contributed by atoms with Gasteiger partial charge in [0.05, 0.1) is 39.5 Å². The molecular weight excluding hydrogens is 586 g/mol. The quantitative estimate of drug-likeness (QED) is 0.310. The summed E-state index contributed by atoms with van der Waals surface area (Å²) in [6, 6.07) is 5.20. The monoisotopic (exact) mass is 628 g/mol. The van der Waals surface area contributed by atoms with Crippen LogP contribution in [-0.4, -0.2) is 82.6 Å². The summed E-state index contributed by atoms with van der Waals surface area (Å²) in [5, 5.41) is 11.4. The van der Waals surface area contributed by atoms with E-state index in [0.717, 1.165) is 12.2 Å². The van der Waals surface area contributed by atoms with Gasteiger partial charge in [-0.1, -0.05) is 36.1 Å². The predicted molar refractivity (Wildman–Crippen MR) is 172 cm³/mol. The molecule has 1 aliphatic carbocycles. The summed E-state index contributed by atoms with van der Waals surface area (Å²) in [7, 11) is 4.22. The van der Waals surface area contributed by atoms with Crippen LogP contribution in [0.1, 0.15) is 67.6 Å². The Morgan fingerprint density at radius 3 is 2.48 bits per heavy atom. The van der Waals surface area contributed by atoms with Gasteiger partial charge in [-0.05, 0) is 59.8 Å². The second kappa shape index (κ2) is 13.4. The van der Waals surface area contributed by atoms with E-state index in [1.54, 1.807) is 12.3 Å². The number of hydrogen-bond acceptors (Lipinski definition) is 7. The lowest BCUT2D eigenvalue weighted by atomic mass is 9.94. The number of aromatic nitrogens is 3. The molecule has 2 fully saturated rings. The Balaban J connectivity index is 1.45. The van der Waals surface area contributed by atoms with Gasteiger partial charge in [0.15, 0.2) is 11.6 Å². The van der Waals surface area contributed by atoms with Crippen LogP contribution in [0, 0.1) is 18.6 Å². The first-order valence-corrected chi connectivity index (χ1v) is 15.8. The molecule has 2 aliphatic rings. The summed E-state index contributed by atoms with van der Waals surface area (Å²) >= 11 is 6.37. The Morgan fingerprint density at radius 1 is 1.11 bits per heavy atom. The molecule has 2 heterocycles. The van der Waals surface area contributed by atoms with Crippen LogP contribution < -0.4 is 16.0 Å². The molecule has 1 aromatic heterocycles. The van der Waals surface area contributed by atoms with Gasteiger partial charge >= 0.3 is 0 Å². The maximum atomic E-state index is 15.9. The van der Waals surface area contributed by atoms with Crippen LogP contribution in [0.15, 0.2) is 24.4 Å². The van der Waals surface area contributed by atoms with Gasteiger partial charge in [-0.2, -0.15) is 0 Å². The number of carbonyl (C=O) groups excluding carboxylic acids is 1. The zero-order chi connectivity index (χ0) is 31.7. The van der Waals surface area contributed by atoms with Gasteiger partial charge in [0.25, 0.3) is 5.91 Å². The third-order valence-electron chi connectivity index (χ3n) is 9.41. The van der Waals surface area contributed by atoms with Crippen LogP contribution in [0.4, 0.5) is 25.8 Å². The van der Waals surface area contributed by atoms with Gasteiger partial charge in [-0.3, -0.25) is 9.69 Å². The molecule has 2 atom stereocenters. The van der Waals surface area contributed by atoms with Crippen LogP contribution in [0.5, 0.6) is 0 Å². The lowest BCUT2D eigenvalue weighted by Crippen LogP contribution is -2.55. The summed E-state index contributed by atoms with van der Waals surface area (Å²) in [5.41, 5.74) is 7.58. The number of piperazine rings is 1. The highest BCUT2D eigenvalue weighted by Crippen LogP contribution is 2.35. The number of nitrogens with zero attached hydrogens (tertiary/aromatic N) is 6. The van der Waals surface area contributed by atoms with Gasteiger partial charge in [0.2, 0.25) is 0 Å². The lowest BCUT2D eigenvalue weighted by molar-refractivity contribution is 0.102. The fraction of sp³-hybridized carbons (Fsp3) is 0.531. The number of halogens is 3. The van der Waals surface area contributed by atoms with E-state index < -0.39 is 17.5 Å². The molecule has 9 nitrogen and oxygen atoms in total. The second-order valence-electron chi connectivity index (χ2n) is 12.5. The molecule has 1 aliphatic heterocycles. The van der Waals surface area contributed by atoms with Gasteiger partial charge in [0.1, 0.15) is 5.69 Å². The highest BCUT2D eigenvalue weighted by molar-refractivity contribution is 6.35. The maximum Gasteiger partial charge on any atom is 0.257 e. The minimum Gasteiger partial charge on any atom is -0.396 e. The van der Waals surface area contributed by atoms with Crippen molar-refractivity contribution in [3.63, 3.8) is 0 Å². The van der Waals surface area contributed by atoms with Crippen LogP contribution in [0.3, 0.4) is 0 Å². The number of nitrogens with one attached hydrogen (secondary N) is 1. The van der Waals surface area contributed by atoms with Crippen molar-refractivity contribution in [2.75, 3.05) is 49.7 Å². The number of likely N-dealkylation sites (N-methyl/N-ethyl adjacent to an activating group) is 2. The fourth-order valence-electron chi connectivity index (χ4n) is 6.37. The minimum absolute atomic E-state index is 0.0287. The Bertz CT molecular complexity index is 1500. The van der Waals surface area contributed by atoms with E-state index >= 15 is 4.39 Å². The standard InChI is InChI=1S/C32H43ClF2N8O/c1-19-16-42(17-20(2)41(19)5)29-14-25(34)28(15-27(29)37-32(44)24-13-26(36)31(35)21(3)30(24)33)43-18-22(38-39-43)11-12-40(4)23-9-7-6-8-10-23/h13-15,18-20,23H,6-12,16-17,36H2,1-5H3,(H,37,44)/t19-,20+. The second-order valence-corrected chi connectivity index (χ2v) is 12.9. The number of rotatable bonds is 8. The van der Waals surface area contributed by atoms with E-state index in [-0.39, 0.29) is 39.6 Å². The highest BCUT2D eigenvalue weighted by atomic mass is 35.5. The number of carbonyl (C=O) groups is 1. The van der Waals surface area contributed by atoms with Crippen molar-refractivity contribution < 1.29 is 13.6 Å². The molecule has 1 saturated heterocycles. The van der Waals surface area contributed by atoms with Gasteiger partial charge in [-0.15, -0.1) is 5.10 Å². The van der Waals surface area contributed by atoms with Crippen molar-refractivity contribution in [1.82, 2.24) is 24.8 Å². The zero-order valence-electron chi connectivity index (χ0n) is 26.2. The molecule has 0 unspecified atom stereocenters. The van der Waals surface area contributed by atoms with Gasteiger partial charge in [-0.25, -0.2) is 13.5 Å². The molecule has 0 bridgehead atoms. The molecule has 44 heavy (non-hydrogen) atoms. The molecule has 5 rings (SSSR count). The summed E-state index contributed by atoms with van der Waals surface area (Å²) in [6.45, 7) is 7.79. The van der Waals surface area contributed by atoms with Crippen molar-refractivity contribution in [1.29, 1.82) is 0 Å². The number of amides is 1.